The zero-order valence-electron chi connectivity index (χ0n) is 16.0. The van der Waals surface area contributed by atoms with Gasteiger partial charge in [0, 0.05) is 28.8 Å². The highest BCUT2D eigenvalue weighted by Crippen LogP contribution is 2.27. The van der Waals surface area contributed by atoms with Gasteiger partial charge >= 0.3 is 0 Å². The van der Waals surface area contributed by atoms with E-state index in [0.29, 0.717) is 22.2 Å². The number of nitrogens with zero attached hydrogens (tertiary/aromatic N) is 3. The van der Waals surface area contributed by atoms with Crippen LogP contribution in [0.15, 0.2) is 77.6 Å². The molecule has 0 aliphatic heterocycles. The zero-order valence-corrected chi connectivity index (χ0v) is 16.0. The van der Waals surface area contributed by atoms with Gasteiger partial charge < -0.3 is 5.73 Å². The van der Waals surface area contributed by atoms with Crippen LogP contribution < -0.4 is 11.3 Å². The van der Waals surface area contributed by atoms with Crippen LogP contribution in [0.5, 0.6) is 0 Å². The van der Waals surface area contributed by atoms with Gasteiger partial charge in [0.1, 0.15) is 11.6 Å². The van der Waals surface area contributed by atoms with Crippen molar-refractivity contribution in [1.29, 1.82) is 5.26 Å². The minimum atomic E-state index is -0.527. The van der Waals surface area contributed by atoms with E-state index < -0.39 is 16.4 Å². The molecule has 0 fully saturated rings. The lowest BCUT2D eigenvalue weighted by molar-refractivity contribution is -0.384. The molecular formula is C23H14N4O4. The topological polar surface area (TPSA) is 132 Å². The third-order valence-electron chi connectivity index (χ3n) is 4.95. The molecule has 0 saturated carbocycles. The lowest BCUT2D eigenvalue weighted by Crippen LogP contribution is -2.21. The van der Waals surface area contributed by atoms with E-state index in [-0.39, 0.29) is 11.3 Å². The molecule has 1 amide bonds. The van der Waals surface area contributed by atoms with E-state index in [2.05, 4.69) is 0 Å². The third-order valence-corrected chi connectivity index (χ3v) is 4.95. The third kappa shape index (κ3) is 3.52. The zero-order chi connectivity index (χ0) is 22.1. The van der Waals surface area contributed by atoms with Crippen LogP contribution in [0.3, 0.4) is 0 Å². The first-order chi connectivity index (χ1) is 14.9. The predicted molar refractivity (Wildman–Crippen MR) is 115 cm³/mol. The molecule has 0 bridgehead atoms. The van der Waals surface area contributed by atoms with Gasteiger partial charge in [-0.05, 0) is 47.5 Å². The molecule has 0 saturated heterocycles. The van der Waals surface area contributed by atoms with Crippen molar-refractivity contribution in [3.05, 3.63) is 104 Å². The Morgan fingerprint density at radius 3 is 2.19 bits per heavy atom. The molecular weight excluding hydrogens is 396 g/mol. The van der Waals surface area contributed by atoms with Crippen LogP contribution in [0.2, 0.25) is 0 Å². The number of carbonyl (C=O) groups excluding carboxylic acids is 1. The highest BCUT2D eigenvalue weighted by Gasteiger charge is 2.14. The van der Waals surface area contributed by atoms with Gasteiger partial charge in [0.25, 0.3) is 11.2 Å². The molecule has 8 nitrogen and oxygen atoms in total. The number of benzene rings is 3. The standard InChI is InChI=1S/C23H14N4O4/c24-13-18-11-17-6-5-16(14-1-3-15(4-2-14)22(25)28)12-21(17)26(23(18)29)19-7-9-20(10-8-19)27(30)31/h1-12H,(H2,25,28). The number of fused-ring (bicyclic) bond motifs is 1. The summed E-state index contributed by atoms with van der Waals surface area (Å²) in [4.78, 5) is 34.7. The van der Waals surface area contributed by atoms with E-state index in [9.17, 15) is 25.0 Å². The lowest BCUT2D eigenvalue weighted by atomic mass is 10.0. The quantitative estimate of drug-likeness (QED) is 0.406. The summed E-state index contributed by atoms with van der Waals surface area (Å²) in [5, 5.41) is 21.0. The van der Waals surface area contributed by atoms with Gasteiger partial charge in [-0.3, -0.25) is 24.3 Å². The number of pyridine rings is 1. The number of nitro groups is 1. The second-order valence-electron chi connectivity index (χ2n) is 6.80. The Bertz CT molecular complexity index is 1450. The van der Waals surface area contributed by atoms with Gasteiger partial charge in [-0.2, -0.15) is 5.26 Å². The summed E-state index contributed by atoms with van der Waals surface area (Å²) in [6.45, 7) is 0. The molecule has 0 aliphatic carbocycles. The number of nitrogens with two attached hydrogens (primary N) is 1. The van der Waals surface area contributed by atoms with Crippen LogP contribution in [0, 0.1) is 21.4 Å². The number of aromatic nitrogens is 1. The van der Waals surface area contributed by atoms with Crippen LogP contribution in [-0.4, -0.2) is 15.4 Å². The fourth-order valence-electron chi connectivity index (χ4n) is 3.37. The van der Waals surface area contributed by atoms with E-state index >= 15 is 0 Å². The second-order valence-corrected chi connectivity index (χ2v) is 6.80. The molecule has 0 atom stereocenters. The number of nitriles is 1. The molecule has 1 aromatic heterocycles. The van der Waals surface area contributed by atoms with Crippen molar-refractivity contribution in [3.8, 4) is 22.9 Å². The summed E-state index contributed by atoms with van der Waals surface area (Å²) in [7, 11) is 0. The Labute approximate surface area is 175 Å². The van der Waals surface area contributed by atoms with Crippen molar-refractivity contribution in [1.82, 2.24) is 4.57 Å². The molecule has 0 aliphatic rings. The van der Waals surface area contributed by atoms with Gasteiger partial charge in [-0.1, -0.05) is 24.3 Å². The number of primary amides is 1. The maximum atomic E-state index is 13.0. The second kappa shape index (κ2) is 7.57. The molecule has 0 radical (unpaired) electrons. The number of non-ortho nitro benzene ring substituents is 1. The Morgan fingerprint density at radius 1 is 0.968 bits per heavy atom. The number of rotatable bonds is 4. The van der Waals surface area contributed by atoms with Crippen molar-refractivity contribution in [2.24, 2.45) is 5.73 Å². The summed E-state index contributed by atoms with van der Waals surface area (Å²) in [5.41, 5.74) is 7.53. The van der Waals surface area contributed by atoms with Crippen molar-refractivity contribution in [2.75, 3.05) is 0 Å². The summed E-state index contributed by atoms with van der Waals surface area (Å²) in [5.74, 6) is -0.527. The van der Waals surface area contributed by atoms with Gasteiger partial charge in [0.2, 0.25) is 5.91 Å². The van der Waals surface area contributed by atoms with E-state index in [1.807, 2.05) is 12.1 Å². The molecule has 3 aromatic carbocycles. The van der Waals surface area contributed by atoms with Gasteiger partial charge in [0.05, 0.1) is 10.4 Å². The van der Waals surface area contributed by atoms with Crippen molar-refractivity contribution in [3.63, 3.8) is 0 Å². The molecule has 1 heterocycles. The van der Waals surface area contributed by atoms with E-state index in [0.717, 1.165) is 11.1 Å². The molecule has 8 heteroatoms. The first-order valence-corrected chi connectivity index (χ1v) is 9.14. The number of nitro benzene ring substituents is 1. The van der Waals surface area contributed by atoms with Crippen LogP contribution >= 0.6 is 0 Å². The highest BCUT2D eigenvalue weighted by atomic mass is 16.6. The lowest BCUT2D eigenvalue weighted by Gasteiger charge is -2.13. The van der Waals surface area contributed by atoms with Crippen LogP contribution in [0.4, 0.5) is 5.69 Å². The first-order valence-electron chi connectivity index (χ1n) is 9.14. The smallest absolute Gasteiger partial charge is 0.273 e. The average Bonchev–Trinajstić information content (AvgIpc) is 2.78. The molecule has 4 rings (SSSR count). The Hall–Kier alpha value is -4.77. The number of amides is 1. The normalized spacial score (nSPS) is 10.5. The molecule has 0 unspecified atom stereocenters. The van der Waals surface area contributed by atoms with E-state index in [1.54, 1.807) is 36.4 Å². The van der Waals surface area contributed by atoms with Crippen LogP contribution in [0.1, 0.15) is 15.9 Å². The molecule has 31 heavy (non-hydrogen) atoms. The first kappa shape index (κ1) is 19.5. The molecule has 150 valence electrons. The van der Waals surface area contributed by atoms with Gasteiger partial charge in [-0.25, -0.2) is 0 Å². The largest absolute Gasteiger partial charge is 0.366 e. The van der Waals surface area contributed by atoms with Gasteiger partial charge in [0.15, 0.2) is 0 Å². The van der Waals surface area contributed by atoms with Crippen molar-refractivity contribution in [2.45, 2.75) is 0 Å². The van der Waals surface area contributed by atoms with Crippen molar-refractivity contribution >= 4 is 22.5 Å². The molecule has 2 N–H and O–H groups in total. The maximum Gasteiger partial charge on any atom is 0.273 e. The average molecular weight is 410 g/mol. The summed E-state index contributed by atoms with van der Waals surface area (Å²) in [6.07, 6.45) is 0. The minimum absolute atomic E-state index is 0.0376. The summed E-state index contributed by atoms with van der Waals surface area (Å²) in [6, 6.07) is 21.1. The number of carbonyl (C=O) groups is 1. The Morgan fingerprint density at radius 2 is 1.61 bits per heavy atom. The maximum absolute atomic E-state index is 13.0. The molecule has 0 spiro atoms. The van der Waals surface area contributed by atoms with Crippen molar-refractivity contribution < 1.29 is 9.72 Å². The SMILES string of the molecule is N#Cc1cc2ccc(-c3ccc(C(N)=O)cc3)cc2n(-c2ccc([N+](=O)[O-])cc2)c1=O. The van der Waals surface area contributed by atoms with Crippen LogP contribution in [-0.2, 0) is 0 Å². The fraction of sp³-hybridized carbons (Fsp3) is 0. The summed E-state index contributed by atoms with van der Waals surface area (Å²) < 4.78 is 1.36. The Balaban J connectivity index is 1.94. The van der Waals surface area contributed by atoms with E-state index in [1.165, 1.54) is 34.9 Å². The summed E-state index contributed by atoms with van der Waals surface area (Å²) >= 11 is 0. The highest BCUT2D eigenvalue weighted by molar-refractivity contribution is 5.93. The monoisotopic (exact) mass is 410 g/mol. The predicted octanol–water partition coefficient (Wildman–Crippen LogP) is 3.54. The number of hydrogen-bond donors (Lipinski definition) is 1. The van der Waals surface area contributed by atoms with E-state index in [4.69, 9.17) is 5.73 Å². The Kier molecular flexibility index (Phi) is 4.77. The minimum Gasteiger partial charge on any atom is -0.366 e. The fourth-order valence-corrected chi connectivity index (χ4v) is 3.37. The van der Waals surface area contributed by atoms with Gasteiger partial charge in [-0.15, -0.1) is 0 Å². The van der Waals surface area contributed by atoms with Crippen LogP contribution in [0.25, 0.3) is 27.7 Å². The number of hydrogen-bond acceptors (Lipinski definition) is 5. The molecule has 4 aromatic rings.